The minimum atomic E-state index is -1.28. The molecular formula is C18H23FO2. The molecule has 3 heteroatoms. The van der Waals surface area contributed by atoms with Gasteiger partial charge in [0.2, 0.25) is 0 Å². The van der Waals surface area contributed by atoms with Crippen LogP contribution < -0.4 is 0 Å². The highest BCUT2D eigenvalue weighted by Gasteiger charge is 2.55. The number of hydrogen-bond donors (Lipinski definition) is 0. The van der Waals surface area contributed by atoms with Crippen LogP contribution in [0.2, 0.25) is 0 Å². The summed E-state index contributed by atoms with van der Waals surface area (Å²) in [6, 6.07) is 0. The number of ketones is 2. The van der Waals surface area contributed by atoms with Crippen molar-refractivity contribution in [2.24, 2.45) is 23.2 Å². The molecule has 4 rings (SSSR count). The van der Waals surface area contributed by atoms with Gasteiger partial charge in [-0.25, -0.2) is 4.39 Å². The van der Waals surface area contributed by atoms with Gasteiger partial charge in [0.1, 0.15) is 5.78 Å². The standard InChI is InChI=1S/C18H23FO2/c1-18-7-6-11-12(14(18)4-5-17(18)21)3-2-10-8-16(20)15(19)9-13(10)11/h11-12,14-15H,2-9H2,1H3. The van der Waals surface area contributed by atoms with Gasteiger partial charge in [0.05, 0.1) is 0 Å². The van der Waals surface area contributed by atoms with E-state index in [0.29, 0.717) is 36.4 Å². The highest BCUT2D eigenvalue weighted by atomic mass is 19.1. The minimum absolute atomic E-state index is 0.112. The van der Waals surface area contributed by atoms with Crippen LogP contribution in [-0.2, 0) is 9.59 Å². The molecule has 4 aliphatic carbocycles. The molecule has 5 unspecified atom stereocenters. The van der Waals surface area contributed by atoms with Gasteiger partial charge in [0.25, 0.3) is 0 Å². The maximum Gasteiger partial charge on any atom is 0.171 e. The number of alkyl halides is 1. The Kier molecular flexibility index (Phi) is 2.93. The molecule has 0 spiro atoms. The first kappa shape index (κ1) is 13.7. The predicted molar refractivity (Wildman–Crippen MR) is 77.4 cm³/mol. The third-order valence-corrected chi connectivity index (χ3v) is 6.96. The van der Waals surface area contributed by atoms with Crippen molar-refractivity contribution < 1.29 is 14.0 Å². The van der Waals surface area contributed by atoms with Crippen molar-refractivity contribution >= 4 is 11.6 Å². The van der Waals surface area contributed by atoms with E-state index in [1.807, 2.05) is 0 Å². The van der Waals surface area contributed by atoms with Crippen LogP contribution in [0.15, 0.2) is 11.1 Å². The molecule has 4 aliphatic rings. The molecule has 5 atom stereocenters. The Morgan fingerprint density at radius 3 is 2.76 bits per heavy atom. The van der Waals surface area contributed by atoms with Crippen molar-refractivity contribution in [3.05, 3.63) is 11.1 Å². The van der Waals surface area contributed by atoms with Gasteiger partial charge < -0.3 is 0 Å². The number of carbonyl (C=O) groups excluding carboxylic acids is 2. The number of carbonyl (C=O) groups is 2. The number of halogens is 1. The van der Waals surface area contributed by atoms with Crippen molar-refractivity contribution in [3.63, 3.8) is 0 Å². The van der Waals surface area contributed by atoms with Crippen molar-refractivity contribution in [2.75, 3.05) is 0 Å². The lowest BCUT2D eigenvalue weighted by Crippen LogP contribution is -2.44. The van der Waals surface area contributed by atoms with Gasteiger partial charge in [-0.05, 0) is 49.9 Å². The zero-order valence-electron chi connectivity index (χ0n) is 12.7. The predicted octanol–water partition coefficient (Wildman–Crippen LogP) is 3.79. The molecule has 0 radical (unpaired) electrons. The fourth-order valence-corrected chi connectivity index (χ4v) is 5.78. The van der Waals surface area contributed by atoms with E-state index >= 15 is 0 Å². The number of allylic oxidation sites excluding steroid dienone is 2. The second-order valence-electron chi connectivity index (χ2n) is 7.78. The monoisotopic (exact) mass is 290 g/mol. The smallest absolute Gasteiger partial charge is 0.171 e. The van der Waals surface area contributed by atoms with Crippen LogP contribution in [0.5, 0.6) is 0 Å². The zero-order valence-corrected chi connectivity index (χ0v) is 12.7. The summed E-state index contributed by atoms with van der Waals surface area (Å²) >= 11 is 0. The summed E-state index contributed by atoms with van der Waals surface area (Å²) in [5.74, 6) is 1.73. The molecule has 2 saturated carbocycles. The minimum Gasteiger partial charge on any atom is -0.299 e. The van der Waals surface area contributed by atoms with Gasteiger partial charge in [0, 0.05) is 24.7 Å². The van der Waals surface area contributed by atoms with E-state index in [9.17, 15) is 14.0 Å². The molecule has 0 bridgehead atoms. The first-order valence-corrected chi connectivity index (χ1v) is 8.41. The van der Waals surface area contributed by atoms with E-state index in [0.717, 1.165) is 38.5 Å². The molecule has 0 amide bonds. The highest BCUT2D eigenvalue weighted by molar-refractivity contribution is 5.88. The maximum atomic E-state index is 13.9. The molecule has 2 nitrogen and oxygen atoms in total. The van der Waals surface area contributed by atoms with Crippen LogP contribution >= 0.6 is 0 Å². The Balaban J connectivity index is 1.67. The Hall–Kier alpha value is -0.990. The van der Waals surface area contributed by atoms with Gasteiger partial charge in [-0.15, -0.1) is 0 Å². The van der Waals surface area contributed by atoms with E-state index < -0.39 is 6.17 Å². The lowest BCUT2D eigenvalue weighted by molar-refractivity contribution is -0.129. The summed E-state index contributed by atoms with van der Waals surface area (Å²) in [7, 11) is 0. The Bertz CT molecular complexity index is 549. The second kappa shape index (κ2) is 4.50. The zero-order chi connectivity index (χ0) is 14.8. The Morgan fingerprint density at radius 1 is 1.14 bits per heavy atom. The van der Waals surface area contributed by atoms with Crippen molar-refractivity contribution in [1.29, 1.82) is 0 Å². The number of rotatable bonds is 0. The van der Waals surface area contributed by atoms with Crippen LogP contribution in [0.3, 0.4) is 0 Å². The quantitative estimate of drug-likeness (QED) is 0.636. The SMILES string of the molecule is CC12CCC3C4=C(CCC3C1CCC2=O)CC(=O)C(F)C4. The van der Waals surface area contributed by atoms with E-state index in [1.54, 1.807) is 0 Å². The molecule has 2 fully saturated rings. The summed E-state index contributed by atoms with van der Waals surface area (Å²) in [5.41, 5.74) is 2.39. The van der Waals surface area contributed by atoms with Crippen molar-refractivity contribution in [2.45, 2.75) is 64.5 Å². The largest absolute Gasteiger partial charge is 0.299 e. The number of Topliss-reactive ketones (excluding diaryl/α,β-unsaturated/α-hetero) is 2. The summed E-state index contributed by atoms with van der Waals surface area (Å²) < 4.78 is 13.9. The summed E-state index contributed by atoms with van der Waals surface area (Å²) in [6.07, 6.45) is 5.20. The molecule has 0 aromatic heterocycles. The molecule has 114 valence electrons. The van der Waals surface area contributed by atoms with Gasteiger partial charge in [-0.1, -0.05) is 18.1 Å². The lowest BCUT2D eigenvalue weighted by atomic mass is 9.54. The average molecular weight is 290 g/mol. The molecule has 0 saturated heterocycles. The molecule has 0 N–H and O–H groups in total. The molecule has 21 heavy (non-hydrogen) atoms. The normalized spacial score (nSPS) is 46.2. The fraction of sp³-hybridized carbons (Fsp3) is 0.778. The number of hydrogen-bond acceptors (Lipinski definition) is 2. The van der Waals surface area contributed by atoms with Crippen LogP contribution in [0, 0.1) is 23.2 Å². The van der Waals surface area contributed by atoms with Crippen LogP contribution in [0.4, 0.5) is 4.39 Å². The molecule has 0 aromatic rings. The van der Waals surface area contributed by atoms with E-state index in [1.165, 1.54) is 11.1 Å². The van der Waals surface area contributed by atoms with E-state index in [-0.39, 0.29) is 11.2 Å². The maximum absolute atomic E-state index is 13.9. The highest BCUT2D eigenvalue weighted by Crippen LogP contribution is 2.59. The first-order chi connectivity index (χ1) is 10.0. The molecule has 0 aromatic carbocycles. The fourth-order valence-electron chi connectivity index (χ4n) is 5.78. The van der Waals surface area contributed by atoms with E-state index in [4.69, 9.17) is 0 Å². The first-order valence-electron chi connectivity index (χ1n) is 8.41. The van der Waals surface area contributed by atoms with Crippen LogP contribution in [0.1, 0.15) is 58.3 Å². The lowest BCUT2D eigenvalue weighted by Gasteiger charge is -2.49. The third kappa shape index (κ3) is 1.82. The summed E-state index contributed by atoms with van der Waals surface area (Å²) in [6.45, 7) is 2.16. The van der Waals surface area contributed by atoms with Crippen molar-refractivity contribution in [3.8, 4) is 0 Å². The summed E-state index contributed by atoms with van der Waals surface area (Å²) in [5, 5.41) is 0. The molecule has 0 heterocycles. The molecular weight excluding hydrogens is 267 g/mol. The van der Waals surface area contributed by atoms with Gasteiger partial charge in [-0.2, -0.15) is 0 Å². The number of fused-ring (bicyclic) bond motifs is 4. The van der Waals surface area contributed by atoms with E-state index in [2.05, 4.69) is 6.92 Å². The van der Waals surface area contributed by atoms with Crippen LogP contribution in [0.25, 0.3) is 0 Å². The van der Waals surface area contributed by atoms with Crippen molar-refractivity contribution in [1.82, 2.24) is 0 Å². The van der Waals surface area contributed by atoms with Gasteiger partial charge in [-0.3, -0.25) is 9.59 Å². The Labute approximate surface area is 125 Å². The third-order valence-electron chi connectivity index (χ3n) is 6.96. The van der Waals surface area contributed by atoms with Crippen LogP contribution in [-0.4, -0.2) is 17.7 Å². The topological polar surface area (TPSA) is 34.1 Å². The Morgan fingerprint density at radius 2 is 1.95 bits per heavy atom. The molecule has 0 aliphatic heterocycles. The second-order valence-corrected chi connectivity index (χ2v) is 7.78. The summed E-state index contributed by atoms with van der Waals surface area (Å²) in [4.78, 5) is 23.9. The van der Waals surface area contributed by atoms with Gasteiger partial charge >= 0.3 is 0 Å². The van der Waals surface area contributed by atoms with Gasteiger partial charge in [0.15, 0.2) is 12.0 Å². The average Bonchev–Trinajstić information content (AvgIpc) is 2.76.